The summed E-state index contributed by atoms with van der Waals surface area (Å²) in [5.74, 6) is -2.85. The first-order valence-corrected chi connectivity index (χ1v) is 11.8. The van der Waals surface area contributed by atoms with E-state index in [0.717, 1.165) is 35.8 Å². The minimum Gasteiger partial charge on any atom is -0.420 e. The van der Waals surface area contributed by atoms with Crippen LogP contribution in [0.2, 0.25) is 0 Å². The Labute approximate surface area is 208 Å². The second-order valence-electron chi connectivity index (χ2n) is 9.61. The van der Waals surface area contributed by atoms with Gasteiger partial charge in [-0.1, -0.05) is 43.4 Å². The van der Waals surface area contributed by atoms with Gasteiger partial charge in [-0.2, -0.15) is 5.10 Å². The second kappa shape index (κ2) is 11.5. The maximum atomic E-state index is 14.2. The van der Waals surface area contributed by atoms with Crippen molar-refractivity contribution in [1.82, 2.24) is 20.1 Å². The topological polar surface area (TPSA) is 52.0 Å². The molecule has 0 bridgehead atoms. The SMILES string of the molecule is C=C(/C=C\C(C)=C/C)CN/C(=C/CC)c1nn(C(C)(C)C)c(Oc2ncccc2C(C)(F)F)c1C. The normalized spacial score (nSPS) is 13.4. The molecule has 0 aromatic carbocycles. The molecular weight excluding hydrogens is 446 g/mol. The standard InChI is InChI=1S/C28H38F2N4O/c1-10-13-23(32-18-20(4)16-15-19(3)11-2)24-21(5)26(34(33-24)27(6,7)8)35-25-22(28(9,29)30)14-12-17-31-25/h11-17,32H,4,10,18H2,1-3,5-9H3/b16-15-,19-11-,23-13+. The van der Waals surface area contributed by atoms with Crippen LogP contribution in [0.4, 0.5) is 8.78 Å². The van der Waals surface area contributed by atoms with Gasteiger partial charge in [-0.25, -0.2) is 18.4 Å². The molecule has 0 amide bonds. The monoisotopic (exact) mass is 484 g/mol. The van der Waals surface area contributed by atoms with Gasteiger partial charge in [0.25, 0.3) is 5.92 Å². The zero-order chi connectivity index (χ0) is 26.4. The van der Waals surface area contributed by atoms with Crippen molar-refractivity contribution >= 4 is 5.70 Å². The lowest BCUT2D eigenvalue weighted by atomic mass is 10.1. The van der Waals surface area contributed by atoms with Gasteiger partial charge in [-0.15, -0.1) is 0 Å². The molecule has 0 saturated heterocycles. The lowest BCUT2D eigenvalue weighted by Gasteiger charge is -2.23. The average molecular weight is 485 g/mol. The number of hydrogen-bond donors (Lipinski definition) is 1. The van der Waals surface area contributed by atoms with Crippen LogP contribution < -0.4 is 10.1 Å². The largest absolute Gasteiger partial charge is 0.420 e. The Morgan fingerprint density at radius 1 is 1.23 bits per heavy atom. The van der Waals surface area contributed by atoms with Gasteiger partial charge in [-0.05, 0) is 65.7 Å². The highest BCUT2D eigenvalue weighted by Crippen LogP contribution is 2.38. The van der Waals surface area contributed by atoms with E-state index in [1.807, 2.05) is 72.8 Å². The van der Waals surface area contributed by atoms with Crippen LogP contribution in [-0.2, 0) is 11.5 Å². The molecule has 2 aromatic heterocycles. The van der Waals surface area contributed by atoms with E-state index in [1.165, 1.54) is 18.3 Å². The van der Waals surface area contributed by atoms with Crippen molar-refractivity contribution < 1.29 is 13.5 Å². The van der Waals surface area contributed by atoms with E-state index in [1.54, 1.807) is 4.68 Å². The van der Waals surface area contributed by atoms with Gasteiger partial charge in [0.1, 0.15) is 5.69 Å². The molecule has 2 heterocycles. The Morgan fingerprint density at radius 3 is 2.49 bits per heavy atom. The van der Waals surface area contributed by atoms with E-state index in [9.17, 15) is 8.78 Å². The van der Waals surface area contributed by atoms with Gasteiger partial charge in [-0.3, -0.25) is 0 Å². The molecule has 0 unspecified atom stereocenters. The minimum absolute atomic E-state index is 0.133. The van der Waals surface area contributed by atoms with Gasteiger partial charge in [0.2, 0.25) is 11.8 Å². The summed E-state index contributed by atoms with van der Waals surface area (Å²) < 4.78 is 36.2. The highest BCUT2D eigenvalue weighted by Gasteiger charge is 2.32. The fourth-order valence-corrected chi connectivity index (χ4v) is 3.28. The highest BCUT2D eigenvalue weighted by atomic mass is 19.3. The van der Waals surface area contributed by atoms with Crippen molar-refractivity contribution in [2.24, 2.45) is 0 Å². The van der Waals surface area contributed by atoms with Gasteiger partial charge in [0, 0.05) is 25.2 Å². The Balaban J connectivity index is 2.48. The quantitative estimate of drug-likeness (QED) is 0.352. The fraction of sp³-hybridized carbons (Fsp3) is 0.429. The zero-order valence-electron chi connectivity index (χ0n) is 22.2. The van der Waals surface area contributed by atoms with Crippen LogP contribution in [0.15, 0.2) is 60.4 Å². The number of hydrogen-bond acceptors (Lipinski definition) is 4. The Morgan fingerprint density at radius 2 is 1.91 bits per heavy atom. The molecule has 0 spiro atoms. The van der Waals surface area contributed by atoms with Gasteiger partial charge in [0.05, 0.1) is 16.8 Å². The third-order valence-corrected chi connectivity index (χ3v) is 5.35. The van der Waals surface area contributed by atoms with Gasteiger partial charge >= 0.3 is 0 Å². The van der Waals surface area contributed by atoms with E-state index in [4.69, 9.17) is 9.84 Å². The lowest BCUT2D eigenvalue weighted by Crippen LogP contribution is -2.24. The molecule has 0 aliphatic rings. The highest BCUT2D eigenvalue weighted by molar-refractivity contribution is 5.66. The molecule has 0 saturated carbocycles. The van der Waals surface area contributed by atoms with Crippen molar-refractivity contribution in [3.63, 3.8) is 0 Å². The van der Waals surface area contributed by atoms with E-state index >= 15 is 0 Å². The van der Waals surface area contributed by atoms with Crippen LogP contribution in [0.1, 0.15) is 71.7 Å². The summed E-state index contributed by atoms with van der Waals surface area (Å²) in [5.41, 5.74) is 3.59. The van der Waals surface area contributed by atoms with Crippen LogP contribution in [0.5, 0.6) is 11.8 Å². The van der Waals surface area contributed by atoms with Crippen molar-refractivity contribution in [1.29, 1.82) is 0 Å². The first-order valence-electron chi connectivity index (χ1n) is 11.8. The van der Waals surface area contributed by atoms with Crippen LogP contribution in [0.25, 0.3) is 5.70 Å². The summed E-state index contributed by atoms with van der Waals surface area (Å²) in [4.78, 5) is 4.10. The Hall–Kier alpha value is -3.22. The number of rotatable bonds is 10. The van der Waals surface area contributed by atoms with Crippen molar-refractivity contribution in [2.45, 2.75) is 73.3 Å². The predicted octanol–water partition coefficient (Wildman–Crippen LogP) is 7.66. The molecular formula is C28H38F2N4O. The average Bonchev–Trinajstić information content (AvgIpc) is 3.11. The number of nitrogens with one attached hydrogen (secondary N) is 1. The summed E-state index contributed by atoms with van der Waals surface area (Å²) in [6.07, 6.45) is 10.3. The minimum atomic E-state index is -3.10. The molecule has 0 aliphatic carbocycles. The van der Waals surface area contributed by atoms with E-state index in [0.29, 0.717) is 18.1 Å². The third kappa shape index (κ3) is 7.38. The molecule has 35 heavy (non-hydrogen) atoms. The fourth-order valence-electron chi connectivity index (χ4n) is 3.28. The Kier molecular flexibility index (Phi) is 9.18. The van der Waals surface area contributed by atoms with Crippen molar-refractivity contribution in [2.75, 3.05) is 6.54 Å². The van der Waals surface area contributed by atoms with E-state index in [2.05, 4.69) is 16.9 Å². The van der Waals surface area contributed by atoms with Crippen LogP contribution in [0.3, 0.4) is 0 Å². The number of aromatic nitrogens is 3. The van der Waals surface area contributed by atoms with Gasteiger partial charge in [0.15, 0.2) is 0 Å². The maximum Gasteiger partial charge on any atom is 0.275 e. The van der Waals surface area contributed by atoms with E-state index < -0.39 is 11.5 Å². The summed E-state index contributed by atoms with van der Waals surface area (Å²) in [6, 6.07) is 2.80. The summed E-state index contributed by atoms with van der Waals surface area (Å²) in [5, 5.41) is 8.28. The maximum absolute atomic E-state index is 14.2. The zero-order valence-corrected chi connectivity index (χ0v) is 22.2. The molecule has 190 valence electrons. The molecule has 0 aliphatic heterocycles. The molecule has 2 rings (SSSR count). The molecule has 2 aromatic rings. The van der Waals surface area contributed by atoms with Crippen molar-refractivity contribution in [3.05, 3.63) is 77.2 Å². The molecule has 5 nitrogen and oxygen atoms in total. The lowest BCUT2D eigenvalue weighted by molar-refractivity contribution is 0.0147. The first-order chi connectivity index (χ1) is 16.3. The molecule has 0 fully saturated rings. The van der Waals surface area contributed by atoms with Crippen molar-refractivity contribution in [3.8, 4) is 11.8 Å². The summed E-state index contributed by atoms with van der Waals surface area (Å²) >= 11 is 0. The van der Waals surface area contributed by atoms with Gasteiger partial charge < -0.3 is 10.1 Å². The predicted molar refractivity (Wildman–Crippen MR) is 140 cm³/mol. The second-order valence-corrected chi connectivity index (χ2v) is 9.61. The first kappa shape index (κ1) is 28.0. The van der Waals surface area contributed by atoms with Crippen LogP contribution >= 0.6 is 0 Å². The number of allylic oxidation sites excluding steroid dienone is 4. The number of nitrogens with zero attached hydrogens (tertiary/aromatic N) is 3. The van der Waals surface area contributed by atoms with Crippen LogP contribution in [-0.4, -0.2) is 21.3 Å². The number of ether oxygens (including phenoxy) is 1. The smallest absolute Gasteiger partial charge is 0.275 e. The molecule has 1 N–H and O–H groups in total. The number of alkyl halides is 2. The molecule has 0 atom stereocenters. The Bertz CT molecular complexity index is 1130. The summed E-state index contributed by atoms with van der Waals surface area (Å²) in [6.45, 7) is 19.4. The molecule has 7 heteroatoms. The summed E-state index contributed by atoms with van der Waals surface area (Å²) in [7, 11) is 0. The molecule has 0 radical (unpaired) electrons. The number of halogens is 2. The van der Waals surface area contributed by atoms with E-state index in [-0.39, 0.29) is 11.4 Å². The number of pyridine rings is 1. The third-order valence-electron chi connectivity index (χ3n) is 5.35. The van der Waals surface area contributed by atoms with Crippen LogP contribution in [0, 0.1) is 6.92 Å².